The quantitative estimate of drug-likeness (QED) is 0.855. The number of likely N-dealkylation sites (N-methyl/N-ethyl adjacent to an activating group) is 1. The summed E-state index contributed by atoms with van der Waals surface area (Å²) in [5, 5.41) is 3.88. The van der Waals surface area contributed by atoms with Gasteiger partial charge in [0, 0.05) is 16.6 Å². The van der Waals surface area contributed by atoms with Crippen LogP contribution in [0.15, 0.2) is 42.5 Å². The summed E-state index contributed by atoms with van der Waals surface area (Å²) in [6.45, 7) is 2.87. The van der Waals surface area contributed by atoms with Crippen molar-refractivity contribution in [2.24, 2.45) is 0 Å². The van der Waals surface area contributed by atoms with Gasteiger partial charge in [0.05, 0.1) is 7.11 Å². The van der Waals surface area contributed by atoms with Crippen LogP contribution < -0.4 is 10.1 Å². The summed E-state index contributed by atoms with van der Waals surface area (Å²) in [5.41, 5.74) is 1.98. The molecule has 1 atom stereocenters. The van der Waals surface area contributed by atoms with Crippen LogP contribution in [0.4, 0.5) is 4.39 Å². The monoisotopic (exact) mass is 307 g/mol. The molecule has 0 bridgehead atoms. The van der Waals surface area contributed by atoms with E-state index in [0.29, 0.717) is 11.4 Å². The predicted octanol–water partition coefficient (Wildman–Crippen LogP) is 4.38. The third-order valence-corrected chi connectivity index (χ3v) is 3.76. The van der Waals surface area contributed by atoms with Gasteiger partial charge in [-0.05, 0) is 36.7 Å². The number of hydrogen-bond acceptors (Lipinski definition) is 2. The first-order valence-electron chi connectivity index (χ1n) is 6.96. The Hall–Kier alpha value is -1.58. The van der Waals surface area contributed by atoms with Crippen LogP contribution in [0.5, 0.6) is 5.75 Å². The lowest BCUT2D eigenvalue weighted by molar-refractivity contribution is 0.399. The summed E-state index contributed by atoms with van der Waals surface area (Å²) in [7, 11) is 1.66. The van der Waals surface area contributed by atoms with Crippen molar-refractivity contribution in [3.05, 3.63) is 64.4 Å². The maximum absolute atomic E-state index is 13.2. The highest BCUT2D eigenvalue weighted by molar-refractivity contribution is 6.31. The maximum atomic E-state index is 13.2. The summed E-state index contributed by atoms with van der Waals surface area (Å²) < 4.78 is 18.6. The van der Waals surface area contributed by atoms with Gasteiger partial charge in [-0.1, -0.05) is 42.8 Å². The van der Waals surface area contributed by atoms with Crippen LogP contribution in [0.1, 0.15) is 24.1 Å². The van der Waals surface area contributed by atoms with Crippen molar-refractivity contribution >= 4 is 11.6 Å². The molecule has 0 heterocycles. The molecule has 0 aromatic heterocycles. The Morgan fingerprint density at radius 3 is 2.67 bits per heavy atom. The Kier molecular flexibility index (Phi) is 5.59. The molecule has 0 amide bonds. The molecule has 2 rings (SSSR count). The van der Waals surface area contributed by atoms with E-state index in [1.807, 2.05) is 24.3 Å². The van der Waals surface area contributed by atoms with Crippen LogP contribution in [0, 0.1) is 5.82 Å². The Bertz CT molecular complexity index is 603. The molecule has 2 nitrogen and oxygen atoms in total. The first kappa shape index (κ1) is 15.8. The van der Waals surface area contributed by atoms with E-state index in [1.165, 1.54) is 12.1 Å². The Labute approximate surface area is 129 Å². The fourth-order valence-electron chi connectivity index (χ4n) is 2.40. The molecule has 4 heteroatoms. The third kappa shape index (κ3) is 3.96. The van der Waals surface area contributed by atoms with Crippen LogP contribution in [-0.4, -0.2) is 13.7 Å². The van der Waals surface area contributed by atoms with Crippen LogP contribution >= 0.6 is 11.6 Å². The number of hydrogen-bond donors (Lipinski definition) is 1. The van der Waals surface area contributed by atoms with Gasteiger partial charge in [0.15, 0.2) is 0 Å². The lowest BCUT2D eigenvalue weighted by Crippen LogP contribution is -2.23. The van der Waals surface area contributed by atoms with Crippen molar-refractivity contribution in [1.29, 1.82) is 0 Å². The van der Waals surface area contributed by atoms with Gasteiger partial charge in [-0.2, -0.15) is 0 Å². The molecule has 0 saturated carbocycles. The third-order valence-electron chi connectivity index (χ3n) is 3.40. The number of rotatable bonds is 6. The number of para-hydroxylation sites is 1. The number of ether oxygens (including phenoxy) is 1. The van der Waals surface area contributed by atoms with Gasteiger partial charge in [0.25, 0.3) is 0 Å². The molecule has 0 aliphatic carbocycles. The minimum atomic E-state index is -0.318. The Morgan fingerprint density at radius 1 is 1.24 bits per heavy atom. The highest BCUT2D eigenvalue weighted by Crippen LogP contribution is 2.29. The highest BCUT2D eigenvalue weighted by Gasteiger charge is 2.17. The molecule has 1 N–H and O–H groups in total. The molecule has 2 aromatic rings. The van der Waals surface area contributed by atoms with Crippen molar-refractivity contribution in [3.8, 4) is 5.75 Å². The molecule has 2 aromatic carbocycles. The second-order valence-electron chi connectivity index (χ2n) is 4.79. The molecule has 0 aliphatic rings. The molecule has 0 aliphatic heterocycles. The summed E-state index contributed by atoms with van der Waals surface area (Å²) in [6.07, 6.45) is 0.674. The van der Waals surface area contributed by atoms with Gasteiger partial charge in [-0.15, -0.1) is 0 Å². The van der Waals surface area contributed by atoms with E-state index >= 15 is 0 Å². The first-order valence-corrected chi connectivity index (χ1v) is 7.33. The lowest BCUT2D eigenvalue weighted by atomic mass is 9.98. The molecular formula is C17H19ClFNO. The average Bonchev–Trinajstić information content (AvgIpc) is 2.49. The Morgan fingerprint density at radius 2 is 2.00 bits per heavy atom. The standard InChI is InChI=1S/C17H19ClFNO/c1-3-20-16(14-6-4-5-7-17(14)21-2)10-12-8-9-13(19)11-15(12)18/h4-9,11,16,20H,3,10H2,1-2H3. The predicted molar refractivity (Wildman–Crippen MR) is 84.5 cm³/mol. The van der Waals surface area contributed by atoms with E-state index in [-0.39, 0.29) is 11.9 Å². The van der Waals surface area contributed by atoms with E-state index in [0.717, 1.165) is 23.4 Å². The molecule has 0 spiro atoms. The van der Waals surface area contributed by atoms with E-state index in [4.69, 9.17) is 16.3 Å². The molecule has 21 heavy (non-hydrogen) atoms. The molecule has 0 radical (unpaired) electrons. The summed E-state index contributed by atoms with van der Waals surface area (Å²) in [4.78, 5) is 0. The number of benzene rings is 2. The maximum Gasteiger partial charge on any atom is 0.124 e. The van der Waals surface area contributed by atoms with Crippen molar-refractivity contribution in [1.82, 2.24) is 5.32 Å². The highest BCUT2D eigenvalue weighted by atomic mass is 35.5. The van der Waals surface area contributed by atoms with Gasteiger partial charge >= 0.3 is 0 Å². The van der Waals surface area contributed by atoms with Gasteiger partial charge in [0.2, 0.25) is 0 Å². The van der Waals surface area contributed by atoms with E-state index in [1.54, 1.807) is 13.2 Å². The SMILES string of the molecule is CCNC(Cc1ccc(F)cc1Cl)c1ccccc1OC. The summed E-state index contributed by atoms with van der Waals surface area (Å²) in [6, 6.07) is 12.5. The van der Waals surface area contributed by atoms with Gasteiger partial charge in [-0.3, -0.25) is 0 Å². The van der Waals surface area contributed by atoms with Crippen molar-refractivity contribution in [2.45, 2.75) is 19.4 Å². The minimum Gasteiger partial charge on any atom is -0.496 e. The fourth-order valence-corrected chi connectivity index (χ4v) is 2.64. The largest absolute Gasteiger partial charge is 0.496 e. The topological polar surface area (TPSA) is 21.3 Å². The van der Waals surface area contributed by atoms with Gasteiger partial charge in [-0.25, -0.2) is 4.39 Å². The average molecular weight is 308 g/mol. The Balaban J connectivity index is 2.30. The van der Waals surface area contributed by atoms with E-state index in [2.05, 4.69) is 12.2 Å². The van der Waals surface area contributed by atoms with E-state index < -0.39 is 0 Å². The number of halogens is 2. The minimum absolute atomic E-state index is 0.0640. The molecular weight excluding hydrogens is 289 g/mol. The molecule has 1 unspecified atom stereocenters. The summed E-state index contributed by atoms with van der Waals surface area (Å²) in [5.74, 6) is 0.516. The summed E-state index contributed by atoms with van der Waals surface area (Å²) >= 11 is 6.14. The van der Waals surface area contributed by atoms with Crippen LogP contribution in [0.25, 0.3) is 0 Å². The second-order valence-corrected chi connectivity index (χ2v) is 5.20. The van der Waals surface area contributed by atoms with Crippen LogP contribution in [-0.2, 0) is 6.42 Å². The zero-order valence-corrected chi connectivity index (χ0v) is 13.0. The molecule has 0 fully saturated rings. The van der Waals surface area contributed by atoms with E-state index in [9.17, 15) is 4.39 Å². The zero-order valence-electron chi connectivity index (χ0n) is 12.2. The van der Waals surface area contributed by atoms with Gasteiger partial charge < -0.3 is 10.1 Å². The van der Waals surface area contributed by atoms with Crippen LogP contribution in [0.3, 0.4) is 0 Å². The van der Waals surface area contributed by atoms with Crippen LogP contribution in [0.2, 0.25) is 5.02 Å². The lowest BCUT2D eigenvalue weighted by Gasteiger charge is -2.21. The first-order chi connectivity index (χ1) is 10.2. The number of nitrogens with one attached hydrogen (secondary N) is 1. The number of methoxy groups -OCH3 is 1. The van der Waals surface area contributed by atoms with Crippen molar-refractivity contribution in [2.75, 3.05) is 13.7 Å². The normalized spacial score (nSPS) is 12.2. The zero-order chi connectivity index (χ0) is 15.2. The smallest absolute Gasteiger partial charge is 0.124 e. The second kappa shape index (κ2) is 7.43. The van der Waals surface area contributed by atoms with Gasteiger partial charge in [0.1, 0.15) is 11.6 Å². The molecule has 0 saturated heterocycles. The molecule has 112 valence electrons. The fraction of sp³-hybridized carbons (Fsp3) is 0.294. The van der Waals surface area contributed by atoms with Crippen molar-refractivity contribution < 1.29 is 9.13 Å². The van der Waals surface area contributed by atoms with Crippen molar-refractivity contribution in [3.63, 3.8) is 0 Å².